The number of amides is 3. The maximum absolute atomic E-state index is 13.0. The summed E-state index contributed by atoms with van der Waals surface area (Å²) in [7, 11) is 0. The molecular formula is C38H43Cl2N5O3. The molecule has 0 spiro atoms. The normalized spacial score (nSPS) is 15.2. The fourth-order valence-corrected chi connectivity index (χ4v) is 6.81. The first-order valence-corrected chi connectivity index (χ1v) is 17.6. The number of anilines is 2. The van der Waals surface area contributed by atoms with Crippen LogP contribution in [0.4, 0.5) is 11.4 Å². The number of benzene rings is 3. The van der Waals surface area contributed by atoms with E-state index in [0.717, 1.165) is 24.8 Å². The lowest BCUT2D eigenvalue weighted by Crippen LogP contribution is -2.31. The van der Waals surface area contributed by atoms with Crippen molar-refractivity contribution in [1.29, 1.82) is 0 Å². The van der Waals surface area contributed by atoms with E-state index in [2.05, 4.69) is 20.9 Å². The van der Waals surface area contributed by atoms with Crippen molar-refractivity contribution in [2.45, 2.75) is 64.2 Å². The van der Waals surface area contributed by atoms with Gasteiger partial charge in [-0.3, -0.25) is 19.4 Å². The fraction of sp³-hybridized carbons (Fsp3) is 0.368. The van der Waals surface area contributed by atoms with Crippen LogP contribution in [-0.4, -0.2) is 35.8 Å². The van der Waals surface area contributed by atoms with E-state index in [1.54, 1.807) is 48.7 Å². The number of rotatable bonds is 8. The molecule has 1 aromatic heterocycles. The Hall–Kier alpha value is -4.14. The average molecular weight is 689 g/mol. The monoisotopic (exact) mass is 687 g/mol. The van der Waals surface area contributed by atoms with E-state index in [1.807, 2.05) is 24.3 Å². The molecule has 0 aliphatic heterocycles. The van der Waals surface area contributed by atoms with Gasteiger partial charge in [0, 0.05) is 40.4 Å². The molecule has 2 fully saturated rings. The molecule has 8 nitrogen and oxygen atoms in total. The Labute approximate surface area is 292 Å². The summed E-state index contributed by atoms with van der Waals surface area (Å²) in [6, 6.07) is 19.1. The highest BCUT2D eigenvalue weighted by atomic mass is 35.5. The molecule has 2 aliphatic carbocycles. The standard InChI is InChI=1S/C24H24ClN3O2.C14H19ClN2O/c25-18-11-12-21(20(14-18)23(29)27-15-16-6-2-1-3-7-16)28-24(30)19-10-4-8-17-9-5-13-26-22(17)19;15-11-6-7-13(16)12(8-11)14(18)17-9-10-4-2-1-3-5-10/h4-5,8-14,16H,1-3,6-7,15H2,(H,27,29)(H,28,30);6-8,10H,1-5,9,16H2,(H,17,18). The third-order valence-corrected chi connectivity index (χ3v) is 9.63. The maximum atomic E-state index is 13.0. The van der Waals surface area contributed by atoms with Crippen molar-refractivity contribution in [2.24, 2.45) is 11.8 Å². The van der Waals surface area contributed by atoms with Crippen molar-refractivity contribution in [3.63, 3.8) is 0 Å². The largest absolute Gasteiger partial charge is 0.398 e. The van der Waals surface area contributed by atoms with E-state index in [0.29, 0.717) is 62.0 Å². The van der Waals surface area contributed by atoms with Crippen LogP contribution >= 0.6 is 23.2 Å². The second kappa shape index (κ2) is 17.3. The quantitative estimate of drug-likeness (QED) is 0.138. The van der Waals surface area contributed by atoms with Crippen LogP contribution < -0.4 is 21.7 Å². The van der Waals surface area contributed by atoms with E-state index in [4.69, 9.17) is 28.9 Å². The highest BCUT2D eigenvalue weighted by molar-refractivity contribution is 6.31. The van der Waals surface area contributed by atoms with Crippen molar-refractivity contribution in [3.05, 3.63) is 99.7 Å². The third-order valence-electron chi connectivity index (χ3n) is 9.16. The van der Waals surface area contributed by atoms with Gasteiger partial charge in [0.15, 0.2) is 0 Å². The average Bonchev–Trinajstić information content (AvgIpc) is 3.12. The van der Waals surface area contributed by atoms with Crippen LogP contribution in [0.3, 0.4) is 0 Å². The van der Waals surface area contributed by atoms with Gasteiger partial charge in [-0.1, -0.05) is 79.9 Å². The van der Waals surface area contributed by atoms with Gasteiger partial charge in [-0.15, -0.1) is 0 Å². The highest BCUT2D eigenvalue weighted by Crippen LogP contribution is 2.26. The Morgan fingerprint density at radius 3 is 1.88 bits per heavy atom. The molecule has 0 unspecified atom stereocenters. The first-order chi connectivity index (χ1) is 23.3. The van der Waals surface area contributed by atoms with Gasteiger partial charge >= 0.3 is 0 Å². The summed E-state index contributed by atoms with van der Waals surface area (Å²) in [6.45, 7) is 1.39. The number of hydrogen-bond acceptors (Lipinski definition) is 5. The van der Waals surface area contributed by atoms with Crippen LogP contribution in [0.2, 0.25) is 10.0 Å². The lowest BCUT2D eigenvalue weighted by molar-refractivity contribution is 0.0936. The van der Waals surface area contributed by atoms with Gasteiger partial charge in [-0.05, 0) is 86.1 Å². The van der Waals surface area contributed by atoms with Crippen LogP contribution in [-0.2, 0) is 0 Å². The number of hydrogen-bond donors (Lipinski definition) is 4. The van der Waals surface area contributed by atoms with Crippen molar-refractivity contribution >= 4 is 63.2 Å². The van der Waals surface area contributed by atoms with Crippen LogP contribution in [0.1, 0.15) is 95.3 Å². The van der Waals surface area contributed by atoms with E-state index in [-0.39, 0.29) is 17.7 Å². The number of aromatic nitrogens is 1. The molecule has 0 bridgehead atoms. The molecule has 252 valence electrons. The molecule has 0 saturated heterocycles. The van der Waals surface area contributed by atoms with Gasteiger partial charge in [-0.2, -0.15) is 0 Å². The lowest BCUT2D eigenvalue weighted by Gasteiger charge is -2.22. The summed E-state index contributed by atoms with van der Waals surface area (Å²) in [5.41, 5.74) is 8.59. The minimum absolute atomic E-state index is 0.124. The predicted octanol–water partition coefficient (Wildman–Crippen LogP) is 8.68. The van der Waals surface area contributed by atoms with Gasteiger partial charge in [0.05, 0.1) is 27.9 Å². The third kappa shape index (κ3) is 9.70. The lowest BCUT2D eigenvalue weighted by atomic mass is 9.89. The summed E-state index contributed by atoms with van der Waals surface area (Å²) in [5.74, 6) is 0.461. The van der Waals surface area contributed by atoms with Crippen LogP contribution in [0.15, 0.2) is 72.9 Å². The number of para-hydroxylation sites is 1. The van der Waals surface area contributed by atoms with E-state index in [9.17, 15) is 14.4 Å². The van der Waals surface area contributed by atoms with Gasteiger partial charge in [0.1, 0.15) is 0 Å². The summed E-state index contributed by atoms with van der Waals surface area (Å²) in [4.78, 5) is 42.2. The number of carbonyl (C=O) groups excluding carboxylic acids is 3. The number of carbonyl (C=O) groups is 3. The number of nitrogens with one attached hydrogen (secondary N) is 3. The minimum atomic E-state index is -0.317. The molecule has 5 N–H and O–H groups in total. The first-order valence-electron chi connectivity index (χ1n) is 16.8. The van der Waals surface area contributed by atoms with Gasteiger partial charge < -0.3 is 21.7 Å². The molecule has 2 aliphatic rings. The molecule has 3 aromatic carbocycles. The molecule has 48 heavy (non-hydrogen) atoms. The zero-order chi connectivity index (χ0) is 33.9. The Bertz CT molecular complexity index is 1730. The van der Waals surface area contributed by atoms with E-state index < -0.39 is 0 Å². The summed E-state index contributed by atoms with van der Waals surface area (Å²) in [5, 5.41) is 10.7. The molecular weight excluding hydrogens is 645 g/mol. The Morgan fingerprint density at radius 2 is 1.23 bits per heavy atom. The molecule has 10 heteroatoms. The number of nitrogens with two attached hydrogens (primary N) is 1. The van der Waals surface area contributed by atoms with Crippen LogP contribution in [0.25, 0.3) is 10.9 Å². The molecule has 4 aromatic rings. The molecule has 1 heterocycles. The second-order valence-electron chi connectivity index (χ2n) is 12.7. The number of pyridine rings is 1. The number of halogens is 2. The first kappa shape index (κ1) is 35.2. The topological polar surface area (TPSA) is 126 Å². The van der Waals surface area contributed by atoms with Gasteiger partial charge in [-0.25, -0.2) is 0 Å². The molecule has 6 rings (SSSR count). The van der Waals surface area contributed by atoms with Gasteiger partial charge in [0.25, 0.3) is 17.7 Å². The fourth-order valence-electron chi connectivity index (χ4n) is 6.46. The van der Waals surface area contributed by atoms with Crippen molar-refractivity contribution in [1.82, 2.24) is 15.6 Å². The minimum Gasteiger partial charge on any atom is -0.398 e. The number of nitrogens with zero attached hydrogens (tertiary/aromatic N) is 1. The smallest absolute Gasteiger partial charge is 0.257 e. The Morgan fingerprint density at radius 1 is 0.667 bits per heavy atom. The molecule has 2 saturated carbocycles. The molecule has 3 amide bonds. The maximum Gasteiger partial charge on any atom is 0.257 e. The summed E-state index contributed by atoms with van der Waals surface area (Å²) in [6.07, 6.45) is 14.0. The number of nitrogen functional groups attached to an aromatic ring is 1. The summed E-state index contributed by atoms with van der Waals surface area (Å²) < 4.78 is 0. The number of fused-ring (bicyclic) bond motifs is 1. The molecule has 0 atom stereocenters. The summed E-state index contributed by atoms with van der Waals surface area (Å²) >= 11 is 12.0. The second-order valence-corrected chi connectivity index (χ2v) is 13.6. The van der Waals surface area contributed by atoms with E-state index in [1.165, 1.54) is 51.4 Å². The van der Waals surface area contributed by atoms with Crippen molar-refractivity contribution in [2.75, 3.05) is 24.1 Å². The van der Waals surface area contributed by atoms with Crippen molar-refractivity contribution in [3.8, 4) is 0 Å². The molecule has 0 radical (unpaired) electrons. The highest BCUT2D eigenvalue weighted by Gasteiger charge is 2.20. The van der Waals surface area contributed by atoms with Gasteiger partial charge in [0.2, 0.25) is 0 Å². The Balaban J connectivity index is 0.000000214. The zero-order valence-electron chi connectivity index (χ0n) is 27.1. The predicted molar refractivity (Wildman–Crippen MR) is 195 cm³/mol. The van der Waals surface area contributed by atoms with Crippen LogP contribution in [0.5, 0.6) is 0 Å². The zero-order valence-corrected chi connectivity index (χ0v) is 28.6. The SMILES string of the molecule is Nc1ccc(Cl)cc1C(=O)NCC1CCCCC1.O=C(NCC1CCCCC1)c1cc(Cl)ccc1NC(=O)c1cccc2cccnc12. The van der Waals surface area contributed by atoms with Crippen LogP contribution in [0, 0.1) is 11.8 Å². The Kier molecular flexibility index (Phi) is 12.7. The van der Waals surface area contributed by atoms with E-state index >= 15 is 0 Å². The van der Waals surface area contributed by atoms with Crippen molar-refractivity contribution < 1.29 is 14.4 Å².